The molecule has 0 aromatic heterocycles. The monoisotopic (exact) mass is 182 g/mol. The van der Waals surface area contributed by atoms with Gasteiger partial charge in [0, 0.05) is 6.42 Å². The van der Waals surface area contributed by atoms with Crippen molar-refractivity contribution in [2.75, 3.05) is 0 Å². The molecule has 0 heterocycles. The number of rotatable bonds is 3. The zero-order chi connectivity index (χ0) is 9.42. The van der Waals surface area contributed by atoms with Gasteiger partial charge in [-0.15, -0.1) is 0 Å². The maximum absolute atomic E-state index is 10.6. The first-order chi connectivity index (χ1) is 6.16. The van der Waals surface area contributed by atoms with Crippen LogP contribution in [0, 0.1) is 23.7 Å². The Morgan fingerprint density at radius 3 is 2.69 bits per heavy atom. The van der Waals surface area contributed by atoms with Crippen molar-refractivity contribution in [1.82, 2.24) is 0 Å². The lowest BCUT2D eigenvalue weighted by atomic mass is 9.79. The summed E-state index contributed by atoms with van der Waals surface area (Å²) in [5, 5.41) is 8.71. The summed E-state index contributed by atoms with van der Waals surface area (Å²) in [6.45, 7) is 2.11. The molecule has 1 N–H and O–H groups in total. The van der Waals surface area contributed by atoms with Crippen LogP contribution in [0.25, 0.3) is 0 Å². The Kier molecular flexibility index (Phi) is 2.31. The third-order valence-corrected chi connectivity index (χ3v) is 4.02. The van der Waals surface area contributed by atoms with Crippen molar-refractivity contribution in [3.8, 4) is 0 Å². The molecule has 0 radical (unpaired) electrons. The molecule has 2 aliphatic carbocycles. The molecule has 0 spiro atoms. The highest BCUT2D eigenvalue weighted by molar-refractivity contribution is 5.67. The van der Waals surface area contributed by atoms with Crippen molar-refractivity contribution in [3.05, 3.63) is 0 Å². The molecule has 4 atom stereocenters. The van der Waals surface area contributed by atoms with Crippen LogP contribution in [0.1, 0.15) is 39.0 Å². The van der Waals surface area contributed by atoms with Gasteiger partial charge in [0.05, 0.1) is 0 Å². The molecule has 4 unspecified atom stereocenters. The third-order valence-electron chi connectivity index (χ3n) is 4.02. The van der Waals surface area contributed by atoms with Crippen molar-refractivity contribution in [3.63, 3.8) is 0 Å². The highest BCUT2D eigenvalue weighted by Gasteiger charge is 2.41. The average Bonchev–Trinajstić information content (AvgIpc) is 2.62. The van der Waals surface area contributed by atoms with Crippen molar-refractivity contribution < 1.29 is 9.90 Å². The first-order valence-corrected chi connectivity index (χ1v) is 5.38. The Bertz CT molecular complexity index is 212. The maximum Gasteiger partial charge on any atom is 0.303 e. The van der Waals surface area contributed by atoms with E-state index in [0.29, 0.717) is 12.3 Å². The van der Waals surface area contributed by atoms with Gasteiger partial charge in [-0.05, 0) is 42.9 Å². The minimum Gasteiger partial charge on any atom is -0.481 e. The first kappa shape index (κ1) is 9.04. The Labute approximate surface area is 79.3 Å². The van der Waals surface area contributed by atoms with Crippen LogP contribution in [-0.2, 0) is 4.79 Å². The lowest BCUT2D eigenvalue weighted by Gasteiger charge is -2.26. The molecule has 2 rings (SSSR count). The summed E-state index contributed by atoms with van der Waals surface area (Å²) in [5.74, 6) is 2.28. The van der Waals surface area contributed by atoms with Crippen LogP contribution in [0.15, 0.2) is 0 Å². The van der Waals surface area contributed by atoms with Gasteiger partial charge in [0.25, 0.3) is 0 Å². The normalized spacial score (nSPS) is 39.3. The summed E-state index contributed by atoms with van der Waals surface area (Å²) in [6, 6.07) is 0. The van der Waals surface area contributed by atoms with Gasteiger partial charge in [-0.25, -0.2) is 0 Å². The summed E-state index contributed by atoms with van der Waals surface area (Å²) in [5.41, 5.74) is 0. The van der Waals surface area contributed by atoms with E-state index < -0.39 is 5.97 Å². The van der Waals surface area contributed by atoms with Crippen molar-refractivity contribution >= 4 is 5.97 Å². The number of aliphatic carboxylic acids is 1. The summed E-state index contributed by atoms with van der Waals surface area (Å²) in [4.78, 5) is 10.6. The minimum absolute atomic E-state index is 0.369. The molecule has 74 valence electrons. The fourth-order valence-electron chi connectivity index (χ4n) is 3.42. The van der Waals surface area contributed by atoms with Gasteiger partial charge >= 0.3 is 5.97 Å². The summed E-state index contributed by atoms with van der Waals surface area (Å²) < 4.78 is 0. The smallest absolute Gasteiger partial charge is 0.303 e. The lowest BCUT2D eigenvalue weighted by Crippen LogP contribution is -2.20. The molecule has 2 heteroatoms. The fourth-order valence-corrected chi connectivity index (χ4v) is 3.42. The quantitative estimate of drug-likeness (QED) is 0.728. The van der Waals surface area contributed by atoms with E-state index in [1.54, 1.807) is 0 Å². The van der Waals surface area contributed by atoms with E-state index in [1.807, 2.05) is 0 Å². The van der Waals surface area contributed by atoms with Crippen LogP contribution < -0.4 is 0 Å². The van der Waals surface area contributed by atoms with Crippen molar-refractivity contribution in [2.24, 2.45) is 23.7 Å². The number of carbonyl (C=O) groups is 1. The Morgan fingerprint density at radius 2 is 2.23 bits per heavy atom. The van der Waals surface area contributed by atoms with Crippen LogP contribution in [-0.4, -0.2) is 11.1 Å². The number of hydrogen-bond acceptors (Lipinski definition) is 1. The number of hydrogen-bond donors (Lipinski definition) is 1. The van der Waals surface area contributed by atoms with Gasteiger partial charge in [0.15, 0.2) is 0 Å². The summed E-state index contributed by atoms with van der Waals surface area (Å²) in [6.07, 6.45) is 5.82. The zero-order valence-corrected chi connectivity index (χ0v) is 8.20. The van der Waals surface area contributed by atoms with Gasteiger partial charge in [-0.2, -0.15) is 0 Å². The summed E-state index contributed by atoms with van der Waals surface area (Å²) in [7, 11) is 0. The Morgan fingerprint density at radius 1 is 1.46 bits per heavy atom. The van der Waals surface area contributed by atoms with Crippen LogP contribution in [0.5, 0.6) is 0 Å². The number of carboxylic acids is 1. The second-order valence-corrected chi connectivity index (χ2v) is 4.91. The van der Waals surface area contributed by atoms with Gasteiger partial charge in [-0.1, -0.05) is 13.3 Å². The molecule has 0 aromatic carbocycles. The van der Waals surface area contributed by atoms with Crippen LogP contribution in [0.3, 0.4) is 0 Å². The molecule has 2 aliphatic rings. The maximum atomic E-state index is 10.6. The number of carboxylic acid groups (broad SMARTS) is 1. The number of fused-ring (bicyclic) bond motifs is 2. The molecule has 0 aliphatic heterocycles. The predicted octanol–water partition coefficient (Wildman–Crippen LogP) is 2.53. The summed E-state index contributed by atoms with van der Waals surface area (Å²) >= 11 is 0. The largest absolute Gasteiger partial charge is 0.481 e. The second-order valence-electron chi connectivity index (χ2n) is 4.91. The average molecular weight is 182 g/mol. The molecule has 0 amide bonds. The first-order valence-electron chi connectivity index (χ1n) is 5.38. The van der Waals surface area contributed by atoms with E-state index in [1.165, 1.54) is 25.7 Å². The third kappa shape index (κ3) is 1.72. The fraction of sp³-hybridized carbons (Fsp3) is 0.909. The Hall–Kier alpha value is -0.530. The molecular weight excluding hydrogens is 164 g/mol. The van der Waals surface area contributed by atoms with Gasteiger partial charge < -0.3 is 5.11 Å². The zero-order valence-electron chi connectivity index (χ0n) is 8.20. The van der Waals surface area contributed by atoms with E-state index in [4.69, 9.17) is 5.11 Å². The molecular formula is C11H18O2. The molecule has 2 nitrogen and oxygen atoms in total. The predicted molar refractivity (Wildman–Crippen MR) is 50.4 cm³/mol. The lowest BCUT2D eigenvalue weighted by molar-refractivity contribution is -0.138. The van der Waals surface area contributed by atoms with Crippen molar-refractivity contribution in [2.45, 2.75) is 39.0 Å². The standard InChI is InChI=1S/C11H18O2/c1-7(4-11(12)13)10-6-8-2-3-9(10)5-8/h7-10H,2-6H2,1H3,(H,12,13). The highest BCUT2D eigenvalue weighted by atomic mass is 16.4. The van der Waals surface area contributed by atoms with Gasteiger partial charge in [0.1, 0.15) is 0 Å². The van der Waals surface area contributed by atoms with Crippen LogP contribution >= 0.6 is 0 Å². The van der Waals surface area contributed by atoms with E-state index in [-0.39, 0.29) is 0 Å². The second kappa shape index (κ2) is 3.32. The van der Waals surface area contributed by atoms with Gasteiger partial charge in [-0.3, -0.25) is 4.79 Å². The Balaban J connectivity index is 1.91. The molecule has 2 saturated carbocycles. The molecule has 0 saturated heterocycles. The molecule has 2 bridgehead atoms. The van der Waals surface area contributed by atoms with E-state index >= 15 is 0 Å². The SMILES string of the molecule is CC(CC(=O)O)C1CC2CCC1C2. The van der Waals surface area contributed by atoms with Crippen LogP contribution in [0.4, 0.5) is 0 Å². The molecule has 0 aromatic rings. The van der Waals surface area contributed by atoms with Crippen LogP contribution in [0.2, 0.25) is 0 Å². The molecule has 13 heavy (non-hydrogen) atoms. The van der Waals surface area contributed by atoms with Gasteiger partial charge in [0.2, 0.25) is 0 Å². The van der Waals surface area contributed by atoms with Crippen molar-refractivity contribution in [1.29, 1.82) is 0 Å². The minimum atomic E-state index is -0.629. The molecule has 2 fully saturated rings. The van der Waals surface area contributed by atoms with E-state index in [2.05, 4.69) is 6.92 Å². The van der Waals surface area contributed by atoms with E-state index in [9.17, 15) is 4.79 Å². The van der Waals surface area contributed by atoms with E-state index in [0.717, 1.165) is 17.8 Å². The highest BCUT2D eigenvalue weighted by Crippen LogP contribution is 2.51. The topological polar surface area (TPSA) is 37.3 Å².